The lowest BCUT2D eigenvalue weighted by atomic mass is 9.80. The van der Waals surface area contributed by atoms with Crippen LogP contribution < -0.4 is 0 Å². The van der Waals surface area contributed by atoms with Crippen molar-refractivity contribution in [3.63, 3.8) is 0 Å². The zero-order valence-electron chi connectivity index (χ0n) is 18.2. The molecular formula is C25H24N2O4S. The average molecular weight is 449 g/mol. The molecule has 0 radical (unpaired) electrons. The van der Waals surface area contributed by atoms with Gasteiger partial charge in [0.25, 0.3) is 0 Å². The van der Waals surface area contributed by atoms with Gasteiger partial charge in [-0.1, -0.05) is 31.7 Å². The van der Waals surface area contributed by atoms with Gasteiger partial charge in [0.1, 0.15) is 0 Å². The normalized spacial score (nSPS) is 16.7. The SMILES string of the molecule is CCOC(=O)c1ccc(-c2ccc3c(c2)C(C)(C)CC(OC(=O)c2cccnc2)S3)nc1. The molecule has 0 fully saturated rings. The average Bonchev–Trinajstić information content (AvgIpc) is 2.79. The summed E-state index contributed by atoms with van der Waals surface area (Å²) in [4.78, 5) is 33.9. The van der Waals surface area contributed by atoms with E-state index < -0.39 is 0 Å². The van der Waals surface area contributed by atoms with E-state index in [4.69, 9.17) is 9.47 Å². The Balaban J connectivity index is 1.54. The molecule has 0 amide bonds. The zero-order chi connectivity index (χ0) is 22.7. The molecule has 6 nitrogen and oxygen atoms in total. The van der Waals surface area contributed by atoms with Crippen molar-refractivity contribution in [1.29, 1.82) is 0 Å². The summed E-state index contributed by atoms with van der Waals surface area (Å²) < 4.78 is 10.8. The van der Waals surface area contributed by atoms with Crippen molar-refractivity contribution in [2.24, 2.45) is 0 Å². The van der Waals surface area contributed by atoms with Gasteiger partial charge in [0, 0.05) is 35.5 Å². The topological polar surface area (TPSA) is 78.4 Å². The molecule has 1 aromatic carbocycles. The summed E-state index contributed by atoms with van der Waals surface area (Å²) in [7, 11) is 0. The summed E-state index contributed by atoms with van der Waals surface area (Å²) in [6.45, 7) is 6.41. The first kappa shape index (κ1) is 22.0. The standard InChI is InChI=1S/C25H24N2O4S/c1-4-30-23(28)18-7-9-20(27-15-18)16-8-10-21-19(12-16)25(2,3)13-22(32-21)31-24(29)17-6-5-11-26-14-17/h5-12,14-15,22H,4,13H2,1-3H3. The molecular weight excluding hydrogens is 424 g/mol. The largest absolute Gasteiger partial charge is 0.462 e. The van der Waals surface area contributed by atoms with Gasteiger partial charge in [-0.25, -0.2) is 9.59 Å². The molecule has 0 bridgehead atoms. The monoisotopic (exact) mass is 448 g/mol. The van der Waals surface area contributed by atoms with Gasteiger partial charge >= 0.3 is 11.9 Å². The molecule has 3 heterocycles. The van der Waals surface area contributed by atoms with Gasteiger partial charge in [0.2, 0.25) is 0 Å². The van der Waals surface area contributed by atoms with Gasteiger partial charge in [0.05, 0.1) is 23.4 Å². The fourth-order valence-electron chi connectivity index (χ4n) is 3.67. The van der Waals surface area contributed by atoms with Crippen molar-refractivity contribution in [1.82, 2.24) is 9.97 Å². The second kappa shape index (κ2) is 9.12. The Morgan fingerprint density at radius 2 is 1.91 bits per heavy atom. The highest BCUT2D eigenvalue weighted by Gasteiger charge is 2.36. The number of pyridine rings is 2. The fourth-order valence-corrected chi connectivity index (χ4v) is 5.19. The number of hydrogen-bond donors (Lipinski definition) is 0. The Kier molecular flexibility index (Phi) is 6.28. The van der Waals surface area contributed by atoms with Crippen LogP contribution in [0.25, 0.3) is 11.3 Å². The van der Waals surface area contributed by atoms with E-state index in [-0.39, 0.29) is 22.8 Å². The number of thioether (sulfide) groups is 1. The smallest absolute Gasteiger partial charge is 0.340 e. The number of ether oxygens (including phenoxy) is 2. The zero-order valence-corrected chi connectivity index (χ0v) is 19.0. The van der Waals surface area contributed by atoms with Gasteiger partial charge in [-0.05, 0) is 54.3 Å². The third-order valence-electron chi connectivity index (χ3n) is 5.35. The molecule has 0 aliphatic carbocycles. The molecule has 0 saturated carbocycles. The number of nitrogens with zero attached hydrogens (tertiary/aromatic N) is 2. The van der Waals surface area contributed by atoms with Crippen LogP contribution >= 0.6 is 11.8 Å². The van der Waals surface area contributed by atoms with Crippen LogP contribution in [0.15, 0.2) is 66.0 Å². The molecule has 0 spiro atoms. The number of benzene rings is 1. The van der Waals surface area contributed by atoms with Crippen molar-refractivity contribution < 1.29 is 19.1 Å². The van der Waals surface area contributed by atoms with Crippen LogP contribution in [0.1, 0.15) is 53.5 Å². The molecule has 2 aromatic heterocycles. The Hall–Kier alpha value is -3.19. The number of carbonyl (C=O) groups is 2. The van der Waals surface area contributed by atoms with E-state index in [1.54, 1.807) is 49.3 Å². The third-order valence-corrected chi connectivity index (χ3v) is 6.49. The molecule has 1 unspecified atom stereocenters. The number of carbonyl (C=O) groups excluding carboxylic acids is 2. The lowest BCUT2D eigenvalue weighted by Gasteiger charge is -2.36. The summed E-state index contributed by atoms with van der Waals surface area (Å²) in [6, 6.07) is 13.2. The van der Waals surface area contributed by atoms with Gasteiger partial charge in [-0.2, -0.15) is 0 Å². The highest BCUT2D eigenvalue weighted by Crippen LogP contribution is 2.47. The number of rotatable bonds is 5. The van der Waals surface area contributed by atoms with Gasteiger partial charge in [-0.3, -0.25) is 9.97 Å². The Bertz CT molecular complexity index is 1130. The number of esters is 2. The van der Waals surface area contributed by atoms with Crippen molar-refractivity contribution in [3.05, 3.63) is 77.7 Å². The second-order valence-corrected chi connectivity index (χ2v) is 9.35. The van der Waals surface area contributed by atoms with Crippen molar-refractivity contribution in [2.45, 2.75) is 42.9 Å². The minimum atomic E-state index is -0.374. The van der Waals surface area contributed by atoms with Crippen LogP contribution in [-0.2, 0) is 14.9 Å². The predicted molar refractivity (Wildman–Crippen MR) is 123 cm³/mol. The van der Waals surface area contributed by atoms with Crippen LogP contribution in [0.2, 0.25) is 0 Å². The van der Waals surface area contributed by atoms with E-state index in [0.29, 0.717) is 24.2 Å². The molecule has 3 aromatic rings. The molecule has 164 valence electrons. The molecule has 0 saturated heterocycles. The highest BCUT2D eigenvalue weighted by molar-refractivity contribution is 7.99. The Morgan fingerprint density at radius 1 is 1.09 bits per heavy atom. The molecule has 1 aliphatic heterocycles. The maximum absolute atomic E-state index is 12.5. The number of aromatic nitrogens is 2. The van der Waals surface area contributed by atoms with Crippen molar-refractivity contribution in [2.75, 3.05) is 6.61 Å². The molecule has 32 heavy (non-hydrogen) atoms. The first-order valence-electron chi connectivity index (χ1n) is 10.4. The minimum Gasteiger partial charge on any atom is -0.462 e. The van der Waals surface area contributed by atoms with Gasteiger partial charge in [0.15, 0.2) is 5.44 Å². The van der Waals surface area contributed by atoms with E-state index in [1.165, 1.54) is 11.8 Å². The molecule has 7 heteroatoms. The summed E-state index contributed by atoms with van der Waals surface area (Å²) in [5.41, 5.74) is 3.35. The highest BCUT2D eigenvalue weighted by atomic mass is 32.2. The van der Waals surface area contributed by atoms with E-state index in [2.05, 4.69) is 29.9 Å². The quantitative estimate of drug-likeness (QED) is 0.492. The summed E-state index contributed by atoms with van der Waals surface area (Å²) in [5.74, 6) is -0.737. The van der Waals surface area contributed by atoms with E-state index in [9.17, 15) is 9.59 Å². The predicted octanol–water partition coefficient (Wildman–Crippen LogP) is 5.28. The maximum Gasteiger partial charge on any atom is 0.340 e. The Labute approximate surface area is 191 Å². The number of hydrogen-bond acceptors (Lipinski definition) is 7. The lowest BCUT2D eigenvalue weighted by Crippen LogP contribution is -2.31. The van der Waals surface area contributed by atoms with Crippen LogP contribution in [0, 0.1) is 0 Å². The summed E-state index contributed by atoms with van der Waals surface area (Å²) in [5, 5.41) is 0. The molecule has 1 atom stereocenters. The van der Waals surface area contributed by atoms with Gasteiger partial charge in [-0.15, -0.1) is 0 Å². The molecule has 0 N–H and O–H groups in total. The first-order chi connectivity index (χ1) is 15.4. The molecule has 4 rings (SSSR count). The maximum atomic E-state index is 12.5. The lowest BCUT2D eigenvalue weighted by molar-refractivity contribution is 0.0414. The fraction of sp³-hybridized carbons (Fsp3) is 0.280. The van der Waals surface area contributed by atoms with E-state index in [0.717, 1.165) is 16.2 Å². The van der Waals surface area contributed by atoms with Crippen LogP contribution in [0.4, 0.5) is 0 Å². The number of fused-ring (bicyclic) bond motifs is 1. The van der Waals surface area contributed by atoms with Crippen LogP contribution in [0.5, 0.6) is 0 Å². The minimum absolute atomic E-state index is 0.193. The first-order valence-corrected chi connectivity index (χ1v) is 11.3. The van der Waals surface area contributed by atoms with E-state index in [1.807, 2.05) is 18.2 Å². The third kappa shape index (κ3) is 4.67. The van der Waals surface area contributed by atoms with E-state index >= 15 is 0 Å². The van der Waals surface area contributed by atoms with Crippen LogP contribution in [-0.4, -0.2) is 33.9 Å². The summed E-state index contributed by atoms with van der Waals surface area (Å²) in [6.07, 6.45) is 5.37. The van der Waals surface area contributed by atoms with Crippen molar-refractivity contribution >= 4 is 23.7 Å². The van der Waals surface area contributed by atoms with Crippen LogP contribution in [0.3, 0.4) is 0 Å². The Morgan fingerprint density at radius 3 is 2.59 bits per heavy atom. The van der Waals surface area contributed by atoms with Crippen molar-refractivity contribution in [3.8, 4) is 11.3 Å². The van der Waals surface area contributed by atoms with Gasteiger partial charge < -0.3 is 9.47 Å². The summed E-state index contributed by atoms with van der Waals surface area (Å²) >= 11 is 1.55. The molecule has 1 aliphatic rings. The second-order valence-electron chi connectivity index (χ2n) is 8.15.